The minimum absolute atomic E-state index is 0.00255. The van der Waals surface area contributed by atoms with E-state index in [0.717, 1.165) is 12.8 Å². The summed E-state index contributed by atoms with van der Waals surface area (Å²) in [5.41, 5.74) is 2.86. The SMILES string of the molecule is COc1ccc(C(=O)C2Cc3ccccc3C2)cc1F. The Morgan fingerprint density at radius 1 is 1.15 bits per heavy atom. The summed E-state index contributed by atoms with van der Waals surface area (Å²) in [6.07, 6.45) is 1.48. The molecule has 3 rings (SSSR count). The van der Waals surface area contributed by atoms with E-state index in [1.165, 1.54) is 30.4 Å². The normalized spacial score (nSPS) is 14.1. The predicted molar refractivity (Wildman–Crippen MR) is 74.6 cm³/mol. The van der Waals surface area contributed by atoms with Crippen LogP contribution in [0.4, 0.5) is 4.39 Å². The van der Waals surface area contributed by atoms with Crippen molar-refractivity contribution in [1.29, 1.82) is 0 Å². The second-order valence-electron chi connectivity index (χ2n) is 5.09. The molecule has 0 saturated carbocycles. The Hall–Kier alpha value is -2.16. The number of ketones is 1. The third kappa shape index (κ3) is 2.20. The van der Waals surface area contributed by atoms with Crippen LogP contribution in [0.3, 0.4) is 0 Å². The molecule has 0 amide bonds. The molecular weight excluding hydrogens is 255 g/mol. The molecule has 0 heterocycles. The lowest BCUT2D eigenvalue weighted by molar-refractivity contribution is 0.0924. The molecule has 0 bridgehead atoms. The molecule has 2 aromatic rings. The molecule has 3 heteroatoms. The zero-order valence-corrected chi connectivity index (χ0v) is 11.2. The molecule has 1 aliphatic rings. The highest BCUT2D eigenvalue weighted by molar-refractivity contribution is 5.98. The Labute approximate surface area is 117 Å². The smallest absolute Gasteiger partial charge is 0.166 e. The molecule has 0 aliphatic heterocycles. The van der Waals surface area contributed by atoms with Crippen LogP contribution in [-0.4, -0.2) is 12.9 Å². The number of rotatable bonds is 3. The lowest BCUT2D eigenvalue weighted by Gasteiger charge is -2.09. The number of halogens is 1. The second kappa shape index (κ2) is 5.08. The zero-order chi connectivity index (χ0) is 14.1. The maximum atomic E-state index is 13.7. The molecule has 102 valence electrons. The summed E-state index contributed by atoms with van der Waals surface area (Å²) in [7, 11) is 1.41. The molecule has 0 fully saturated rings. The van der Waals surface area contributed by atoms with E-state index in [1.54, 1.807) is 6.07 Å². The molecule has 0 N–H and O–H groups in total. The largest absolute Gasteiger partial charge is 0.494 e. The lowest BCUT2D eigenvalue weighted by Crippen LogP contribution is -2.15. The van der Waals surface area contributed by atoms with Crippen molar-refractivity contribution in [3.05, 3.63) is 65.0 Å². The third-order valence-corrected chi connectivity index (χ3v) is 3.86. The number of fused-ring (bicyclic) bond motifs is 1. The number of hydrogen-bond donors (Lipinski definition) is 0. The summed E-state index contributed by atoms with van der Waals surface area (Å²) in [6.45, 7) is 0. The zero-order valence-electron chi connectivity index (χ0n) is 11.2. The molecule has 0 spiro atoms. The monoisotopic (exact) mass is 270 g/mol. The fraction of sp³-hybridized carbons (Fsp3) is 0.235. The molecule has 1 aliphatic carbocycles. The van der Waals surface area contributed by atoms with Crippen LogP contribution < -0.4 is 4.74 Å². The molecule has 0 atom stereocenters. The van der Waals surface area contributed by atoms with Crippen molar-refractivity contribution in [3.63, 3.8) is 0 Å². The van der Waals surface area contributed by atoms with Gasteiger partial charge in [-0.3, -0.25) is 4.79 Å². The third-order valence-electron chi connectivity index (χ3n) is 3.86. The van der Waals surface area contributed by atoms with Gasteiger partial charge in [0.1, 0.15) is 0 Å². The summed E-state index contributed by atoms with van der Waals surface area (Å²) in [5.74, 6) is -0.409. The highest BCUT2D eigenvalue weighted by Gasteiger charge is 2.28. The topological polar surface area (TPSA) is 26.3 Å². The minimum Gasteiger partial charge on any atom is -0.494 e. The van der Waals surface area contributed by atoms with Gasteiger partial charge in [-0.15, -0.1) is 0 Å². The Kier molecular flexibility index (Phi) is 3.26. The first kappa shape index (κ1) is 12.9. The van der Waals surface area contributed by atoms with Gasteiger partial charge in [0.05, 0.1) is 7.11 Å². The van der Waals surface area contributed by atoms with Gasteiger partial charge < -0.3 is 4.74 Å². The van der Waals surface area contributed by atoms with Crippen LogP contribution in [0.1, 0.15) is 21.5 Å². The second-order valence-corrected chi connectivity index (χ2v) is 5.09. The Morgan fingerprint density at radius 2 is 1.80 bits per heavy atom. The average molecular weight is 270 g/mol. The van der Waals surface area contributed by atoms with Gasteiger partial charge in [-0.05, 0) is 42.2 Å². The summed E-state index contributed by atoms with van der Waals surface area (Å²) in [6, 6.07) is 12.5. The van der Waals surface area contributed by atoms with E-state index in [-0.39, 0.29) is 17.5 Å². The standard InChI is InChI=1S/C17H15FO2/c1-20-16-7-6-13(10-15(16)18)17(19)14-8-11-4-2-3-5-12(11)9-14/h2-7,10,14H,8-9H2,1H3. The van der Waals surface area contributed by atoms with Gasteiger partial charge in [-0.1, -0.05) is 24.3 Å². The van der Waals surface area contributed by atoms with Crippen LogP contribution in [0.15, 0.2) is 42.5 Å². The molecule has 0 unspecified atom stereocenters. The highest BCUT2D eigenvalue weighted by Crippen LogP contribution is 2.29. The number of carbonyl (C=O) groups is 1. The first-order valence-corrected chi connectivity index (χ1v) is 6.63. The Bertz CT molecular complexity index is 639. The van der Waals surface area contributed by atoms with Crippen molar-refractivity contribution in [2.24, 2.45) is 5.92 Å². The fourth-order valence-corrected chi connectivity index (χ4v) is 2.80. The summed E-state index contributed by atoms with van der Waals surface area (Å²) >= 11 is 0. The van der Waals surface area contributed by atoms with Gasteiger partial charge in [-0.25, -0.2) is 4.39 Å². The molecule has 0 aromatic heterocycles. The van der Waals surface area contributed by atoms with E-state index < -0.39 is 5.82 Å². The van der Waals surface area contributed by atoms with E-state index >= 15 is 0 Å². The first-order valence-electron chi connectivity index (χ1n) is 6.63. The van der Waals surface area contributed by atoms with Crippen LogP contribution in [0.25, 0.3) is 0 Å². The van der Waals surface area contributed by atoms with Crippen LogP contribution in [0, 0.1) is 11.7 Å². The number of hydrogen-bond acceptors (Lipinski definition) is 2. The molecular formula is C17H15FO2. The molecule has 20 heavy (non-hydrogen) atoms. The summed E-state index contributed by atoms with van der Waals surface area (Å²) in [5, 5.41) is 0. The van der Waals surface area contributed by atoms with E-state index in [0.29, 0.717) is 5.56 Å². The van der Waals surface area contributed by atoms with E-state index in [9.17, 15) is 9.18 Å². The molecule has 2 aromatic carbocycles. The van der Waals surface area contributed by atoms with Crippen LogP contribution >= 0.6 is 0 Å². The van der Waals surface area contributed by atoms with E-state index in [2.05, 4.69) is 12.1 Å². The number of carbonyl (C=O) groups excluding carboxylic acids is 1. The minimum atomic E-state index is -0.492. The van der Waals surface area contributed by atoms with Crippen molar-refractivity contribution >= 4 is 5.78 Å². The Morgan fingerprint density at radius 3 is 2.35 bits per heavy atom. The highest BCUT2D eigenvalue weighted by atomic mass is 19.1. The lowest BCUT2D eigenvalue weighted by atomic mass is 9.95. The van der Waals surface area contributed by atoms with Crippen molar-refractivity contribution in [2.75, 3.05) is 7.11 Å². The first-order chi connectivity index (χ1) is 9.69. The average Bonchev–Trinajstić information content (AvgIpc) is 2.90. The summed E-state index contributed by atoms with van der Waals surface area (Å²) in [4.78, 5) is 12.5. The molecule has 0 radical (unpaired) electrons. The van der Waals surface area contributed by atoms with E-state index in [4.69, 9.17) is 4.74 Å². The Balaban J connectivity index is 1.83. The van der Waals surface area contributed by atoms with Crippen molar-refractivity contribution in [2.45, 2.75) is 12.8 Å². The van der Waals surface area contributed by atoms with Crippen molar-refractivity contribution in [3.8, 4) is 5.75 Å². The van der Waals surface area contributed by atoms with Gasteiger partial charge >= 0.3 is 0 Å². The summed E-state index contributed by atoms with van der Waals surface area (Å²) < 4.78 is 18.6. The van der Waals surface area contributed by atoms with E-state index in [1.807, 2.05) is 12.1 Å². The van der Waals surface area contributed by atoms with Gasteiger partial charge in [0.2, 0.25) is 0 Å². The fourth-order valence-electron chi connectivity index (χ4n) is 2.80. The quantitative estimate of drug-likeness (QED) is 0.799. The van der Waals surface area contributed by atoms with Gasteiger partial charge in [0.15, 0.2) is 17.3 Å². The van der Waals surface area contributed by atoms with Gasteiger partial charge in [-0.2, -0.15) is 0 Å². The van der Waals surface area contributed by atoms with Crippen LogP contribution in [-0.2, 0) is 12.8 Å². The maximum absolute atomic E-state index is 13.7. The number of methoxy groups -OCH3 is 1. The number of Topliss-reactive ketones (excluding diaryl/α,β-unsaturated/α-hetero) is 1. The van der Waals surface area contributed by atoms with Crippen LogP contribution in [0.5, 0.6) is 5.75 Å². The van der Waals surface area contributed by atoms with Crippen LogP contribution in [0.2, 0.25) is 0 Å². The van der Waals surface area contributed by atoms with Gasteiger partial charge in [0, 0.05) is 11.5 Å². The maximum Gasteiger partial charge on any atom is 0.166 e. The number of ether oxygens (including phenoxy) is 1. The number of benzene rings is 2. The van der Waals surface area contributed by atoms with Gasteiger partial charge in [0.25, 0.3) is 0 Å². The predicted octanol–water partition coefficient (Wildman–Crippen LogP) is 3.43. The molecule has 2 nitrogen and oxygen atoms in total. The van der Waals surface area contributed by atoms with Crippen molar-refractivity contribution in [1.82, 2.24) is 0 Å². The molecule has 0 saturated heterocycles. The van der Waals surface area contributed by atoms with Crippen molar-refractivity contribution < 1.29 is 13.9 Å².